The van der Waals surface area contributed by atoms with Gasteiger partial charge in [0.05, 0.1) is 12.7 Å². The molecule has 1 N–H and O–H groups in total. The van der Waals surface area contributed by atoms with E-state index in [2.05, 4.69) is 10.1 Å². The van der Waals surface area contributed by atoms with Crippen LogP contribution in [0.4, 0.5) is 4.79 Å². The molecule has 0 aromatic heterocycles. The molecule has 0 saturated carbocycles. The van der Waals surface area contributed by atoms with Gasteiger partial charge in [-0.1, -0.05) is 0 Å². The second-order valence-electron chi connectivity index (χ2n) is 3.25. The average Bonchev–Trinajstić information content (AvgIpc) is 2.49. The third-order valence-electron chi connectivity index (χ3n) is 2.09. The molecule has 1 aliphatic heterocycles. The van der Waals surface area contributed by atoms with E-state index in [-0.39, 0.29) is 5.60 Å². The van der Waals surface area contributed by atoms with Gasteiger partial charge < -0.3 is 14.8 Å². The first-order valence-electron chi connectivity index (χ1n) is 4.12. The largest absolute Gasteiger partial charge is 0.453 e. The fourth-order valence-corrected chi connectivity index (χ4v) is 1.31. The lowest BCUT2D eigenvalue weighted by atomic mass is 10.0. The van der Waals surface area contributed by atoms with Crippen LogP contribution in [0.15, 0.2) is 0 Å². The summed E-state index contributed by atoms with van der Waals surface area (Å²) in [4.78, 5) is 10.7. The molecule has 1 amide bonds. The van der Waals surface area contributed by atoms with Gasteiger partial charge in [0.1, 0.15) is 0 Å². The maximum atomic E-state index is 10.7. The van der Waals surface area contributed by atoms with E-state index >= 15 is 0 Å². The summed E-state index contributed by atoms with van der Waals surface area (Å²) in [5.41, 5.74) is -0.186. The highest BCUT2D eigenvalue weighted by atomic mass is 16.5. The smallest absolute Gasteiger partial charge is 0.406 e. The third-order valence-corrected chi connectivity index (χ3v) is 2.09. The number of rotatable bonds is 2. The van der Waals surface area contributed by atoms with Gasteiger partial charge in [0.2, 0.25) is 0 Å². The van der Waals surface area contributed by atoms with E-state index in [0.717, 1.165) is 19.4 Å². The van der Waals surface area contributed by atoms with Crippen molar-refractivity contribution in [1.82, 2.24) is 5.32 Å². The summed E-state index contributed by atoms with van der Waals surface area (Å²) in [6.07, 6.45) is 1.67. The van der Waals surface area contributed by atoms with E-state index in [1.807, 2.05) is 6.92 Å². The first-order valence-corrected chi connectivity index (χ1v) is 4.12. The van der Waals surface area contributed by atoms with Crippen LogP contribution in [0, 0.1) is 0 Å². The van der Waals surface area contributed by atoms with Crippen LogP contribution >= 0.6 is 0 Å². The molecular formula is C8H15NO3. The van der Waals surface area contributed by atoms with Crippen molar-refractivity contribution in [3.8, 4) is 0 Å². The number of ether oxygens (including phenoxy) is 2. The molecule has 0 bridgehead atoms. The molecule has 0 aliphatic carbocycles. The molecule has 1 unspecified atom stereocenters. The summed E-state index contributed by atoms with van der Waals surface area (Å²) in [6, 6.07) is 0. The summed E-state index contributed by atoms with van der Waals surface area (Å²) in [7, 11) is 1.35. The number of amides is 1. The number of hydrogen-bond donors (Lipinski definition) is 1. The fourth-order valence-electron chi connectivity index (χ4n) is 1.31. The Morgan fingerprint density at radius 2 is 2.50 bits per heavy atom. The van der Waals surface area contributed by atoms with Crippen molar-refractivity contribution in [1.29, 1.82) is 0 Å². The molecule has 1 rings (SSSR count). The number of methoxy groups -OCH3 is 1. The SMILES string of the molecule is COC(=O)NCC1(C)CCCO1. The van der Waals surface area contributed by atoms with Gasteiger partial charge in [-0.2, -0.15) is 0 Å². The Labute approximate surface area is 72.2 Å². The minimum atomic E-state index is -0.397. The van der Waals surface area contributed by atoms with Gasteiger partial charge in [-0.05, 0) is 19.8 Å². The Hall–Kier alpha value is -0.770. The molecule has 0 aromatic rings. The van der Waals surface area contributed by atoms with Gasteiger partial charge in [-0.3, -0.25) is 0 Å². The highest BCUT2D eigenvalue weighted by Crippen LogP contribution is 2.23. The molecule has 1 atom stereocenters. The summed E-state index contributed by atoms with van der Waals surface area (Å²) < 4.78 is 9.91. The Morgan fingerprint density at radius 3 is 3.00 bits per heavy atom. The molecule has 0 aromatic carbocycles. The fraction of sp³-hybridized carbons (Fsp3) is 0.875. The van der Waals surface area contributed by atoms with E-state index in [0.29, 0.717) is 6.54 Å². The molecule has 70 valence electrons. The molecule has 0 spiro atoms. The summed E-state index contributed by atoms with van der Waals surface area (Å²) in [6.45, 7) is 3.31. The number of carbonyl (C=O) groups is 1. The molecule has 1 aliphatic rings. The van der Waals surface area contributed by atoms with Crippen molar-refractivity contribution < 1.29 is 14.3 Å². The predicted octanol–water partition coefficient (Wildman–Crippen LogP) is 0.911. The molecule has 1 fully saturated rings. The molecule has 1 heterocycles. The topological polar surface area (TPSA) is 47.6 Å². The molecule has 1 saturated heterocycles. The Kier molecular flexibility index (Phi) is 2.92. The van der Waals surface area contributed by atoms with Crippen LogP contribution in [0.2, 0.25) is 0 Å². The van der Waals surface area contributed by atoms with Crippen LogP contribution < -0.4 is 5.32 Å². The Balaban J connectivity index is 2.25. The first kappa shape index (κ1) is 9.32. The van der Waals surface area contributed by atoms with E-state index in [9.17, 15) is 4.79 Å². The minimum absolute atomic E-state index is 0.186. The van der Waals surface area contributed by atoms with Crippen molar-refractivity contribution in [3.05, 3.63) is 0 Å². The van der Waals surface area contributed by atoms with Gasteiger partial charge in [0.25, 0.3) is 0 Å². The predicted molar refractivity (Wildman–Crippen MR) is 44.0 cm³/mol. The maximum absolute atomic E-state index is 10.7. The zero-order chi connectivity index (χ0) is 9.03. The van der Waals surface area contributed by atoms with Crippen molar-refractivity contribution in [2.45, 2.75) is 25.4 Å². The number of hydrogen-bond acceptors (Lipinski definition) is 3. The van der Waals surface area contributed by atoms with Crippen LogP contribution in [0.1, 0.15) is 19.8 Å². The van der Waals surface area contributed by atoms with Crippen LogP contribution in [-0.4, -0.2) is 32.0 Å². The quantitative estimate of drug-likeness (QED) is 0.675. The van der Waals surface area contributed by atoms with Gasteiger partial charge in [-0.25, -0.2) is 4.79 Å². The average molecular weight is 173 g/mol. The van der Waals surface area contributed by atoms with E-state index in [1.165, 1.54) is 7.11 Å². The molecule has 12 heavy (non-hydrogen) atoms. The molecule has 0 radical (unpaired) electrons. The van der Waals surface area contributed by atoms with Gasteiger partial charge >= 0.3 is 6.09 Å². The van der Waals surface area contributed by atoms with E-state index in [1.54, 1.807) is 0 Å². The van der Waals surface area contributed by atoms with Gasteiger partial charge in [0, 0.05) is 13.2 Å². The second-order valence-corrected chi connectivity index (χ2v) is 3.25. The molecule has 4 heteroatoms. The van der Waals surface area contributed by atoms with E-state index < -0.39 is 6.09 Å². The van der Waals surface area contributed by atoms with Crippen LogP contribution in [0.3, 0.4) is 0 Å². The van der Waals surface area contributed by atoms with Crippen LogP contribution in [0.5, 0.6) is 0 Å². The number of alkyl carbamates (subject to hydrolysis) is 1. The number of nitrogens with one attached hydrogen (secondary N) is 1. The van der Waals surface area contributed by atoms with Crippen molar-refractivity contribution >= 4 is 6.09 Å². The monoisotopic (exact) mass is 173 g/mol. The highest BCUT2D eigenvalue weighted by Gasteiger charge is 2.29. The van der Waals surface area contributed by atoms with Gasteiger partial charge in [0.15, 0.2) is 0 Å². The maximum Gasteiger partial charge on any atom is 0.406 e. The second kappa shape index (κ2) is 3.76. The zero-order valence-corrected chi connectivity index (χ0v) is 7.55. The Bertz CT molecular complexity index is 164. The summed E-state index contributed by atoms with van der Waals surface area (Å²) in [5, 5.41) is 2.63. The van der Waals surface area contributed by atoms with Crippen molar-refractivity contribution in [2.24, 2.45) is 0 Å². The van der Waals surface area contributed by atoms with E-state index in [4.69, 9.17) is 4.74 Å². The van der Waals surface area contributed by atoms with Gasteiger partial charge in [-0.15, -0.1) is 0 Å². The normalized spacial score (nSPS) is 28.5. The lowest BCUT2D eigenvalue weighted by Crippen LogP contribution is -2.39. The summed E-state index contributed by atoms with van der Waals surface area (Å²) >= 11 is 0. The third kappa shape index (κ3) is 2.37. The minimum Gasteiger partial charge on any atom is -0.453 e. The van der Waals surface area contributed by atoms with Crippen molar-refractivity contribution in [2.75, 3.05) is 20.3 Å². The first-order chi connectivity index (χ1) is 5.66. The standard InChI is InChI=1S/C8H15NO3/c1-8(4-3-5-12-8)6-9-7(10)11-2/h3-6H2,1-2H3,(H,9,10). The lowest BCUT2D eigenvalue weighted by molar-refractivity contribution is 0.0207. The zero-order valence-electron chi connectivity index (χ0n) is 7.55. The van der Waals surface area contributed by atoms with Crippen molar-refractivity contribution in [3.63, 3.8) is 0 Å². The molecular weight excluding hydrogens is 158 g/mol. The number of carbonyl (C=O) groups excluding carboxylic acids is 1. The lowest BCUT2D eigenvalue weighted by Gasteiger charge is -2.22. The summed E-state index contributed by atoms with van der Waals surface area (Å²) in [5.74, 6) is 0. The van der Waals surface area contributed by atoms with Crippen LogP contribution in [-0.2, 0) is 9.47 Å². The highest BCUT2D eigenvalue weighted by molar-refractivity contribution is 5.66. The molecule has 4 nitrogen and oxygen atoms in total. The Morgan fingerprint density at radius 1 is 1.75 bits per heavy atom. The van der Waals surface area contributed by atoms with Crippen LogP contribution in [0.25, 0.3) is 0 Å².